The third-order valence-electron chi connectivity index (χ3n) is 2.04. The van der Waals surface area contributed by atoms with Gasteiger partial charge in [0, 0.05) is 25.5 Å². The second-order valence-corrected chi connectivity index (χ2v) is 3.24. The molecule has 2 rings (SSSR count). The minimum absolute atomic E-state index is 0.312. The van der Waals surface area contributed by atoms with Crippen molar-refractivity contribution < 1.29 is 9.53 Å². The minimum Gasteiger partial charge on any atom is -0.456 e. The van der Waals surface area contributed by atoms with Gasteiger partial charge in [-0.3, -0.25) is 9.20 Å². The Hall–Kier alpha value is -1.91. The molecule has 1 unspecified atom stereocenters. The number of nitrogens with zero attached hydrogens (tertiary/aromatic N) is 3. The van der Waals surface area contributed by atoms with Crippen LogP contribution in [0.25, 0.3) is 5.78 Å². The highest BCUT2D eigenvalue weighted by atomic mass is 16.5. The standard InChI is InChI=1S/C10H11N3O2/c1-7(15-8(2)14)9-3-5-13-6-4-11-10(13)12-9/h3-7H,1-2H3. The van der Waals surface area contributed by atoms with Crippen molar-refractivity contribution in [3.05, 3.63) is 30.4 Å². The van der Waals surface area contributed by atoms with E-state index in [0.29, 0.717) is 11.5 Å². The highest BCUT2D eigenvalue weighted by molar-refractivity contribution is 5.66. The van der Waals surface area contributed by atoms with E-state index in [2.05, 4.69) is 9.97 Å². The van der Waals surface area contributed by atoms with E-state index in [9.17, 15) is 4.79 Å². The molecule has 0 saturated carbocycles. The van der Waals surface area contributed by atoms with Gasteiger partial charge in [-0.25, -0.2) is 9.97 Å². The van der Waals surface area contributed by atoms with Gasteiger partial charge in [-0.1, -0.05) is 0 Å². The maximum Gasteiger partial charge on any atom is 0.303 e. The van der Waals surface area contributed by atoms with Crippen molar-refractivity contribution >= 4 is 11.7 Å². The van der Waals surface area contributed by atoms with Gasteiger partial charge in [-0.2, -0.15) is 0 Å². The van der Waals surface area contributed by atoms with Crippen molar-refractivity contribution in [2.24, 2.45) is 0 Å². The zero-order chi connectivity index (χ0) is 10.8. The summed E-state index contributed by atoms with van der Waals surface area (Å²) in [7, 11) is 0. The second kappa shape index (κ2) is 3.68. The Kier molecular flexibility index (Phi) is 2.37. The maximum absolute atomic E-state index is 10.8. The molecule has 5 nitrogen and oxygen atoms in total. The lowest BCUT2D eigenvalue weighted by Gasteiger charge is -2.10. The summed E-state index contributed by atoms with van der Waals surface area (Å²) >= 11 is 0. The molecule has 0 aliphatic rings. The lowest BCUT2D eigenvalue weighted by molar-refractivity contribution is -0.145. The van der Waals surface area contributed by atoms with Gasteiger partial charge in [0.05, 0.1) is 5.69 Å². The number of fused-ring (bicyclic) bond motifs is 1. The smallest absolute Gasteiger partial charge is 0.303 e. The molecule has 2 heterocycles. The first-order chi connectivity index (χ1) is 7.16. The van der Waals surface area contributed by atoms with Crippen LogP contribution >= 0.6 is 0 Å². The fourth-order valence-electron chi connectivity index (χ4n) is 1.35. The summed E-state index contributed by atoms with van der Waals surface area (Å²) in [6.07, 6.45) is 4.97. The normalized spacial score (nSPS) is 12.7. The Bertz CT molecular complexity index is 492. The molecule has 1 atom stereocenters. The Morgan fingerprint density at radius 2 is 2.33 bits per heavy atom. The molecule has 0 bridgehead atoms. The quantitative estimate of drug-likeness (QED) is 0.694. The molecule has 0 radical (unpaired) electrons. The van der Waals surface area contributed by atoms with Crippen molar-refractivity contribution in [1.29, 1.82) is 0 Å². The van der Waals surface area contributed by atoms with Crippen molar-refractivity contribution in [3.8, 4) is 0 Å². The molecule has 15 heavy (non-hydrogen) atoms. The fraction of sp³-hybridized carbons (Fsp3) is 0.300. The Labute approximate surface area is 86.7 Å². The van der Waals surface area contributed by atoms with Gasteiger partial charge in [-0.15, -0.1) is 0 Å². The van der Waals surface area contributed by atoms with Crippen LogP contribution in [0.5, 0.6) is 0 Å². The average molecular weight is 205 g/mol. The molecule has 0 amide bonds. The van der Waals surface area contributed by atoms with Gasteiger partial charge in [-0.05, 0) is 13.0 Å². The predicted molar refractivity (Wildman–Crippen MR) is 53.2 cm³/mol. The van der Waals surface area contributed by atoms with Crippen LogP contribution in [0.4, 0.5) is 0 Å². The molecule has 0 N–H and O–H groups in total. The zero-order valence-corrected chi connectivity index (χ0v) is 8.54. The largest absolute Gasteiger partial charge is 0.456 e. The lowest BCUT2D eigenvalue weighted by Crippen LogP contribution is -2.07. The molecule has 0 fully saturated rings. The molecule has 0 aliphatic carbocycles. The third-order valence-corrected chi connectivity index (χ3v) is 2.04. The first-order valence-corrected chi connectivity index (χ1v) is 4.63. The Morgan fingerprint density at radius 3 is 3.07 bits per heavy atom. The highest BCUT2D eigenvalue weighted by Crippen LogP contribution is 2.14. The summed E-state index contributed by atoms with van der Waals surface area (Å²) < 4.78 is 6.82. The van der Waals surface area contributed by atoms with Crippen LogP contribution in [-0.4, -0.2) is 20.3 Å². The number of hydrogen-bond acceptors (Lipinski definition) is 4. The van der Waals surface area contributed by atoms with Crippen molar-refractivity contribution in [2.75, 3.05) is 0 Å². The van der Waals surface area contributed by atoms with Crippen molar-refractivity contribution in [3.63, 3.8) is 0 Å². The van der Waals surface area contributed by atoms with Gasteiger partial charge in [0.15, 0.2) is 0 Å². The number of ether oxygens (including phenoxy) is 1. The number of hydrogen-bond donors (Lipinski definition) is 0. The van der Waals surface area contributed by atoms with E-state index < -0.39 is 0 Å². The number of imidazole rings is 1. The molecule has 2 aromatic heterocycles. The summed E-state index contributed by atoms with van der Waals surface area (Å²) in [5, 5.41) is 0. The van der Waals surface area contributed by atoms with Gasteiger partial charge >= 0.3 is 5.97 Å². The van der Waals surface area contributed by atoms with Crippen molar-refractivity contribution in [2.45, 2.75) is 20.0 Å². The second-order valence-electron chi connectivity index (χ2n) is 3.24. The Balaban J connectivity index is 2.30. The number of carbonyl (C=O) groups is 1. The van der Waals surface area contributed by atoms with Crippen LogP contribution in [0.2, 0.25) is 0 Å². The minimum atomic E-state index is -0.343. The number of carbonyl (C=O) groups excluding carboxylic acids is 1. The summed E-state index contributed by atoms with van der Waals surface area (Å²) in [6, 6.07) is 1.81. The number of aromatic nitrogens is 3. The Morgan fingerprint density at radius 1 is 1.53 bits per heavy atom. The lowest BCUT2D eigenvalue weighted by atomic mass is 10.3. The first kappa shape index (κ1) is 9.64. The molecule has 0 aromatic carbocycles. The SMILES string of the molecule is CC(=O)OC(C)c1ccn2ccnc2n1. The zero-order valence-electron chi connectivity index (χ0n) is 8.54. The molecular weight excluding hydrogens is 194 g/mol. The van der Waals surface area contributed by atoms with Crippen molar-refractivity contribution in [1.82, 2.24) is 14.4 Å². The molecule has 2 aromatic rings. The first-order valence-electron chi connectivity index (χ1n) is 4.63. The van der Waals surface area contributed by atoms with Crippen LogP contribution in [0.1, 0.15) is 25.6 Å². The van der Waals surface area contributed by atoms with E-state index in [1.165, 1.54) is 6.92 Å². The fourth-order valence-corrected chi connectivity index (χ4v) is 1.35. The van der Waals surface area contributed by atoms with Gasteiger partial charge < -0.3 is 4.74 Å². The molecular formula is C10H11N3O2. The van der Waals surface area contributed by atoms with E-state index >= 15 is 0 Å². The number of esters is 1. The molecule has 0 spiro atoms. The summed E-state index contributed by atoms with van der Waals surface area (Å²) in [6.45, 7) is 3.16. The number of rotatable bonds is 2. The molecule has 78 valence electrons. The van der Waals surface area contributed by atoms with E-state index in [4.69, 9.17) is 4.74 Å². The average Bonchev–Trinajstić information content (AvgIpc) is 2.62. The summed E-state index contributed by atoms with van der Waals surface area (Å²) in [5.41, 5.74) is 0.698. The summed E-state index contributed by atoms with van der Waals surface area (Å²) in [4.78, 5) is 19.1. The third kappa shape index (κ3) is 1.96. The van der Waals surface area contributed by atoms with Gasteiger partial charge in [0.1, 0.15) is 6.10 Å². The predicted octanol–water partition coefficient (Wildman–Crippen LogP) is 1.35. The van der Waals surface area contributed by atoms with E-state index in [1.807, 2.05) is 18.5 Å². The van der Waals surface area contributed by atoms with Crippen LogP contribution in [0.3, 0.4) is 0 Å². The topological polar surface area (TPSA) is 56.5 Å². The van der Waals surface area contributed by atoms with E-state index in [-0.39, 0.29) is 12.1 Å². The van der Waals surface area contributed by atoms with Crippen LogP contribution < -0.4 is 0 Å². The van der Waals surface area contributed by atoms with E-state index in [0.717, 1.165) is 0 Å². The highest BCUT2D eigenvalue weighted by Gasteiger charge is 2.10. The van der Waals surface area contributed by atoms with Crippen LogP contribution in [0.15, 0.2) is 24.7 Å². The monoisotopic (exact) mass is 205 g/mol. The maximum atomic E-state index is 10.8. The van der Waals surface area contributed by atoms with Crippen LogP contribution in [0, 0.1) is 0 Å². The van der Waals surface area contributed by atoms with E-state index in [1.54, 1.807) is 17.5 Å². The van der Waals surface area contributed by atoms with Crippen LogP contribution in [-0.2, 0) is 9.53 Å². The summed E-state index contributed by atoms with van der Waals surface area (Å²) in [5.74, 6) is 0.291. The van der Waals surface area contributed by atoms with Gasteiger partial charge in [0.25, 0.3) is 0 Å². The molecule has 0 saturated heterocycles. The molecule has 5 heteroatoms. The molecule has 0 aliphatic heterocycles. The van der Waals surface area contributed by atoms with Gasteiger partial charge in [0.2, 0.25) is 5.78 Å².